The molecule has 18 heavy (non-hydrogen) atoms. The topological polar surface area (TPSA) is 26.0 Å². The van der Waals surface area contributed by atoms with E-state index in [2.05, 4.69) is 13.8 Å². The molecule has 102 valence electrons. The molecule has 2 N–H and O–H groups in total. The fourth-order valence-electron chi connectivity index (χ4n) is 2.42. The van der Waals surface area contributed by atoms with Gasteiger partial charge in [0.15, 0.2) is 11.6 Å². The van der Waals surface area contributed by atoms with Gasteiger partial charge in [0, 0.05) is 6.04 Å². The quantitative estimate of drug-likeness (QED) is 0.781. The molecule has 1 rings (SSSR count). The van der Waals surface area contributed by atoms with Crippen LogP contribution in [0.5, 0.6) is 0 Å². The van der Waals surface area contributed by atoms with Crippen LogP contribution in [0.25, 0.3) is 0 Å². The van der Waals surface area contributed by atoms with Gasteiger partial charge in [-0.15, -0.1) is 0 Å². The van der Waals surface area contributed by atoms with Gasteiger partial charge < -0.3 is 5.73 Å². The third-order valence-electron chi connectivity index (χ3n) is 3.38. The highest BCUT2D eigenvalue weighted by atomic mass is 19.2. The van der Waals surface area contributed by atoms with Crippen LogP contribution in [0.2, 0.25) is 0 Å². The van der Waals surface area contributed by atoms with E-state index < -0.39 is 11.6 Å². The molecule has 3 heteroatoms. The summed E-state index contributed by atoms with van der Waals surface area (Å²) in [4.78, 5) is 0. The minimum atomic E-state index is -0.800. The number of hydrogen-bond acceptors (Lipinski definition) is 1. The summed E-state index contributed by atoms with van der Waals surface area (Å²) < 4.78 is 25.9. The van der Waals surface area contributed by atoms with Crippen molar-refractivity contribution in [2.75, 3.05) is 0 Å². The zero-order valence-corrected chi connectivity index (χ0v) is 11.3. The minimum absolute atomic E-state index is 0.0229. The van der Waals surface area contributed by atoms with Crippen molar-refractivity contribution in [2.45, 2.75) is 52.0 Å². The zero-order valence-electron chi connectivity index (χ0n) is 11.3. The SMILES string of the molecule is CCCC(CCC)C(N)Cc1ccc(F)c(F)c1. The molecule has 1 aromatic carbocycles. The lowest BCUT2D eigenvalue weighted by Crippen LogP contribution is -2.32. The molecule has 0 bridgehead atoms. The molecular weight excluding hydrogens is 232 g/mol. The van der Waals surface area contributed by atoms with Crippen LogP contribution in [-0.4, -0.2) is 6.04 Å². The number of nitrogens with two attached hydrogens (primary N) is 1. The Hall–Kier alpha value is -0.960. The van der Waals surface area contributed by atoms with Crippen molar-refractivity contribution >= 4 is 0 Å². The van der Waals surface area contributed by atoms with Crippen LogP contribution in [0.15, 0.2) is 18.2 Å². The van der Waals surface area contributed by atoms with E-state index in [0.717, 1.165) is 31.2 Å². The van der Waals surface area contributed by atoms with Crippen molar-refractivity contribution in [3.63, 3.8) is 0 Å². The minimum Gasteiger partial charge on any atom is -0.327 e. The van der Waals surface area contributed by atoms with E-state index in [1.807, 2.05) is 0 Å². The fourth-order valence-corrected chi connectivity index (χ4v) is 2.42. The second kappa shape index (κ2) is 7.47. The monoisotopic (exact) mass is 255 g/mol. The van der Waals surface area contributed by atoms with Gasteiger partial charge in [-0.25, -0.2) is 8.78 Å². The number of benzene rings is 1. The van der Waals surface area contributed by atoms with Crippen molar-refractivity contribution < 1.29 is 8.78 Å². The van der Waals surface area contributed by atoms with E-state index in [9.17, 15) is 8.78 Å². The molecular formula is C15H23F2N. The Bertz CT molecular complexity index is 360. The van der Waals surface area contributed by atoms with E-state index >= 15 is 0 Å². The van der Waals surface area contributed by atoms with Gasteiger partial charge in [-0.1, -0.05) is 32.8 Å². The average Bonchev–Trinajstić information content (AvgIpc) is 2.33. The molecule has 0 spiro atoms. The van der Waals surface area contributed by atoms with Gasteiger partial charge >= 0.3 is 0 Å². The highest BCUT2D eigenvalue weighted by Gasteiger charge is 2.17. The Labute approximate surface area is 108 Å². The third-order valence-corrected chi connectivity index (χ3v) is 3.38. The Balaban J connectivity index is 2.66. The van der Waals surface area contributed by atoms with Crippen LogP contribution in [0.3, 0.4) is 0 Å². The summed E-state index contributed by atoms with van der Waals surface area (Å²) in [6.45, 7) is 4.29. The molecule has 1 atom stereocenters. The lowest BCUT2D eigenvalue weighted by atomic mass is 9.87. The van der Waals surface area contributed by atoms with Crippen molar-refractivity contribution in [1.82, 2.24) is 0 Å². The molecule has 0 heterocycles. The van der Waals surface area contributed by atoms with Crippen molar-refractivity contribution in [3.05, 3.63) is 35.4 Å². The molecule has 0 amide bonds. The standard InChI is InChI=1S/C15H23F2N/c1-3-5-12(6-4-2)15(18)10-11-7-8-13(16)14(17)9-11/h7-9,12,15H,3-6,10,18H2,1-2H3. The molecule has 0 aliphatic rings. The summed E-state index contributed by atoms with van der Waals surface area (Å²) in [5.74, 6) is -1.12. The van der Waals surface area contributed by atoms with Crippen LogP contribution in [-0.2, 0) is 6.42 Å². The number of rotatable bonds is 7. The largest absolute Gasteiger partial charge is 0.327 e. The van der Waals surface area contributed by atoms with Crippen LogP contribution in [0, 0.1) is 17.6 Å². The molecule has 0 aliphatic carbocycles. The number of hydrogen-bond donors (Lipinski definition) is 1. The summed E-state index contributed by atoms with van der Waals surface area (Å²) in [6, 6.07) is 4.07. The van der Waals surface area contributed by atoms with Gasteiger partial charge in [-0.3, -0.25) is 0 Å². The molecule has 0 saturated heterocycles. The van der Waals surface area contributed by atoms with E-state index in [1.165, 1.54) is 12.1 Å². The molecule has 1 aromatic rings. The van der Waals surface area contributed by atoms with E-state index in [0.29, 0.717) is 12.3 Å². The normalized spacial score (nSPS) is 13.0. The number of halogens is 2. The van der Waals surface area contributed by atoms with Crippen LogP contribution < -0.4 is 5.73 Å². The molecule has 0 saturated carbocycles. The summed E-state index contributed by atoms with van der Waals surface area (Å²) in [7, 11) is 0. The first kappa shape index (κ1) is 15.1. The average molecular weight is 255 g/mol. The van der Waals surface area contributed by atoms with Crippen LogP contribution >= 0.6 is 0 Å². The van der Waals surface area contributed by atoms with Gasteiger partial charge in [0.05, 0.1) is 0 Å². The summed E-state index contributed by atoms with van der Waals surface area (Å²) in [6.07, 6.45) is 5.02. The van der Waals surface area contributed by atoms with Crippen molar-refractivity contribution in [1.29, 1.82) is 0 Å². The maximum atomic E-state index is 13.1. The van der Waals surface area contributed by atoms with Gasteiger partial charge in [-0.05, 0) is 42.9 Å². The molecule has 0 radical (unpaired) electrons. The summed E-state index contributed by atoms with van der Waals surface area (Å²) in [5.41, 5.74) is 6.97. The predicted octanol–water partition coefficient (Wildman–Crippen LogP) is 4.05. The van der Waals surface area contributed by atoms with E-state index in [4.69, 9.17) is 5.73 Å². The zero-order chi connectivity index (χ0) is 13.5. The van der Waals surface area contributed by atoms with Gasteiger partial charge in [0.2, 0.25) is 0 Å². The first-order valence-corrected chi connectivity index (χ1v) is 6.78. The lowest BCUT2D eigenvalue weighted by molar-refractivity contribution is 0.359. The highest BCUT2D eigenvalue weighted by Crippen LogP contribution is 2.20. The van der Waals surface area contributed by atoms with Crippen molar-refractivity contribution in [3.8, 4) is 0 Å². The van der Waals surface area contributed by atoms with Gasteiger partial charge in [0.1, 0.15) is 0 Å². The smallest absolute Gasteiger partial charge is 0.159 e. The Kier molecular flexibility index (Phi) is 6.27. The first-order chi connectivity index (χ1) is 8.58. The van der Waals surface area contributed by atoms with Gasteiger partial charge in [-0.2, -0.15) is 0 Å². The van der Waals surface area contributed by atoms with E-state index in [1.54, 1.807) is 6.07 Å². The molecule has 1 unspecified atom stereocenters. The Morgan fingerprint density at radius 3 is 2.17 bits per heavy atom. The van der Waals surface area contributed by atoms with Crippen molar-refractivity contribution in [2.24, 2.45) is 11.7 Å². The molecule has 0 aromatic heterocycles. The first-order valence-electron chi connectivity index (χ1n) is 6.78. The molecule has 0 fully saturated rings. The maximum Gasteiger partial charge on any atom is 0.159 e. The predicted molar refractivity (Wildman–Crippen MR) is 71.3 cm³/mol. The third kappa shape index (κ3) is 4.37. The van der Waals surface area contributed by atoms with Crippen LogP contribution in [0.1, 0.15) is 45.1 Å². The summed E-state index contributed by atoms with van der Waals surface area (Å²) in [5, 5.41) is 0. The summed E-state index contributed by atoms with van der Waals surface area (Å²) >= 11 is 0. The Morgan fingerprint density at radius 2 is 1.67 bits per heavy atom. The molecule has 0 aliphatic heterocycles. The maximum absolute atomic E-state index is 13.1. The van der Waals surface area contributed by atoms with Gasteiger partial charge in [0.25, 0.3) is 0 Å². The second-order valence-electron chi connectivity index (χ2n) is 4.95. The van der Waals surface area contributed by atoms with Crippen LogP contribution in [0.4, 0.5) is 8.78 Å². The highest BCUT2D eigenvalue weighted by molar-refractivity contribution is 5.18. The second-order valence-corrected chi connectivity index (χ2v) is 4.95. The fraction of sp³-hybridized carbons (Fsp3) is 0.600. The Morgan fingerprint density at radius 1 is 1.06 bits per heavy atom. The van der Waals surface area contributed by atoms with E-state index in [-0.39, 0.29) is 6.04 Å². The molecule has 1 nitrogen and oxygen atoms in total. The lowest BCUT2D eigenvalue weighted by Gasteiger charge is -2.23.